The third kappa shape index (κ3) is 2.84. The molecule has 1 aromatic heterocycles. The highest BCUT2D eigenvalue weighted by Crippen LogP contribution is 2.41. The van der Waals surface area contributed by atoms with Crippen LogP contribution in [-0.2, 0) is 0 Å². The number of nitrogens with zero attached hydrogens (tertiary/aromatic N) is 1. The summed E-state index contributed by atoms with van der Waals surface area (Å²) in [6.45, 7) is 9.08. The number of thiazole rings is 1. The molecule has 0 saturated heterocycles. The van der Waals surface area contributed by atoms with Gasteiger partial charge in [0, 0.05) is 11.3 Å². The molecule has 2 aromatic rings. The molecule has 0 amide bonds. The zero-order valence-electron chi connectivity index (χ0n) is 13.4. The smallest absolute Gasteiger partial charge is 0.0907 e. The van der Waals surface area contributed by atoms with E-state index in [1.165, 1.54) is 22.3 Å². The molecule has 2 N–H and O–H groups in total. The van der Waals surface area contributed by atoms with E-state index in [1.54, 1.807) is 11.3 Å². The Kier molecular flexibility index (Phi) is 3.56. The lowest BCUT2D eigenvalue weighted by molar-refractivity contribution is 0.225. The number of hydrogen-bond donors (Lipinski definition) is 1. The molecule has 0 spiro atoms. The van der Waals surface area contributed by atoms with Crippen molar-refractivity contribution in [3.8, 4) is 0 Å². The third-order valence-electron chi connectivity index (χ3n) is 4.65. The van der Waals surface area contributed by atoms with Crippen LogP contribution in [0.3, 0.4) is 0 Å². The number of allylic oxidation sites excluding steroid dienone is 2. The van der Waals surface area contributed by atoms with Gasteiger partial charge in [-0.15, -0.1) is 11.3 Å². The maximum Gasteiger partial charge on any atom is 0.0907 e. The maximum atomic E-state index is 6.29. The highest BCUT2D eigenvalue weighted by Gasteiger charge is 2.27. The fraction of sp³-hybridized carbons (Fsp3) is 0.500. The number of aryl methyl sites for hydroxylation is 1. The highest BCUT2D eigenvalue weighted by atomic mass is 32.1. The van der Waals surface area contributed by atoms with Gasteiger partial charge in [-0.3, -0.25) is 0 Å². The average Bonchev–Trinajstić information content (AvgIpc) is 2.76. The van der Waals surface area contributed by atoms with E-state index in [0.29, 0.717) is 5.41 Å². The van der Waals surface area contributed by atoms with Gasteiger partial charge in [0.1, 0.15) is 0 Å². The monoisotopic (exact) mass is 300 g/mol. The van der Waals surface area contributed by atoms with Crippen molar-refractivity contribution in [3.63, 3.8) is 0 Å². The number of benzene rings is 1. The fourth-order valence-electron chi connectivity index (χ4n) is 3.25. The van der Waals surface area contributed by atoms with Gasteiger partial charge in [-0.1, -0.05) is 26.8 Å². The van der Waals surface area contributed by atoms with Crippen LogP contribution in [0.25, 0.3) is 15.8 Å². The first-order valence-electron chi connectivity index (χ1n) is 7.70. The maximum absolute atomic E-state index is 6.29. The summed E-state index contributed by atoms with van der Waals surface area (Å²) in [4.78, 5) is 4.60. The molecular formula is C18H24N2S. The number of hydrogen-bond acceptors (Lipinski definition) is 3. The van der Waals surface area contributed by atoms with Gasteiger partial charge in [0.05, 0.1) is 15.2 Å². The first-order chi connectivity index (χ1) is 9.84. The van der Waals surface area contributed by atoms with E-state index in [-0.39, 0.29) is 0 Å². The molecule has 2 nitrogen and oxygen atoms in total. The Morgan fingerprint density at radius 3 is 2.67 bits per heavy atom. The van der Waals surface area contributed by atoms with Crippen molar-refractivity contribution in [2.75, 3.05) is 5.73 Å². The number of fused-ring (bicyclic) bond motifs is 1. The van der Waals surface area contributed by atoms with Crippen LogP contribution in [0.4, 0.5) is 5.69 Å². The summed E-state index contributed by atoms with van der Waals surface area (Å²) in [5, 5.41) is 1.10. The van der Waals surface area contributed by atoms with Gasteiger partial charge >= 0.3 is 0 Å². The molecule has 1 aromatic carbocycles. The predicted molar refractivity (Wildman–Crippen MR) is 93.5 cm³/mol. The first-order valence-corrected chi connectivity index (χ1v) is 8.52. The van der Waals surface area contributed by atoms with Crippen molar-refractivity contribution >= 4 is 32.8 Å². The molecule has 0 fully saturated rings. The molecule has 3 heteroatoms. The predicted octanol–water partition coefficient (Wildman–Crippen LogP) is 5.42. The molecule has 112 valence electrons. The van der Waals surface area contributed by atoms with Crippen LogP contribution >= 0.6 is 11.3 Å². The minimum atomic E-state index is 0.392. The molecule has 21 heavy (non-hydrogen) atoms. The van der Waals surface area contributed by atoms with Crippen LogP contribution in [0, 0.1) is 18.3 Å². The van der Waals surface area contributed by atoms with Crippen LogP contribution < -0.4 is 5.73 Å². The Morgan fingerprint density at radius 2 is 2.05 bits per heavy atom. The van der Waals surface area contributed by atoms with E-state index in [9.17, 15) is 0 Å². The highest BCUT2D eigenvalue weighted by molar-refractivity contribution is 7.18. The van der Waals surface area contributed by atoms with Gasteiger partial charge in [0.15, 0.2) is 0 Å². The lowest BCUT2D eigenvalue weighted by Gasteiger charge is -2.33. The molecule has 0 saturated carbocycles. The molecule has 0 radical (unpaired) electrons. The van der Waals surface area contributed by atoms with Crippen molar-refractivity contribution < 1.29 is 0 Å². The second-order valence-corrected chi connectivity index (χ2v) is 8.44. The van der Waals surface area contributed by atoms with E-state index >= 15 is 0 Å². The molecule has 0 bridgehead atoms. The number of anilines is 1. The van der Waals surface area contributed by atoms with Crippen LogP contribution in [-0.4, -0.2) is 4.98 Å². The number of rotatable bonds is 1. The Bertz CT molecular complexity index is 704. The normalized spacial score (nSPS) is 19.8. The topological polar surface area (TPSA) is 38.9 Å². The van der Waals surface area contributed by atoms with E-state index in [2.05, 4.69) is 44.0 Å². The standard InChI is InChI=1S/C18H24N2S/c1-11-20-16-9-14(15(19)10-17(16)21-11)12-5-7-13(8-6-12)18(2,3)4/h5,9-10,13H,6-8,19H2,1-4H3. The van der Waals surface area contributed by atoms with Gasteiger partial charge in [0.2, 0.25) is 0 Å². The zero-order chi connectivity index (χ0) is 15.2. The summed E-state index contributed by atoms with van der Waals surface area (Å²) < 4.78 is 1.19. The van der Waals surface area contributed by atoms with E-state index < -0.39 is 0 Å². The largest absolute Gasteiger partial charge is 0.398 e. The summed E-state index contributed by atoms with van der Waals surface area (Å²) in [5.41, 5.74) is 11.3. The Labute approximate surface area is 131 Å². The molecular weight excluding hydrogens is 276 g/mol. The van der Waals surface area contributed by atoms with E-state index in [1.807, 2.05) is 6.92 Å². The average molecular weight is 300 g/mol. The van der Waals surface area contributed by atoms with Gasteiger partial charge in [-0.05, 0) is 55.2 Å². The number of aromatic nitrogens is 1. The van der Waals surface area contributed by atoms with Crippen molar-refractivity contribution in [2.45, 2.75) is 47.0 Å². The van der Waals surface area contributed by atoms with Crippen molar-refractivity contribution in [1.29, 1.82) is 0 Å². The fourth-order valence-corrected chi connectivity index (χ4v) is 4.11. The quantitative estimate of drug-likeness (QED) is 0.714. The molecule has 1 aliphatic carbocycles. The van der Waals surface area contributed by atoms with Gasteiger partial charge < -0.3 is 5.73 Å². The minimum Gasteiger partial charge on any atom is -0.398 e. The SMILES string of the molecule is Cc1nc2cc(C3=CCC(C(C)(C)C)CC3)c(N)cc2s1. The minimum absolute atomic E-state index is 0.392. The lowest BCUT2D eigenvalue weighted by Crippen LogP contribution is -2.22. The second-order valence-electron chi connectivity index (χ2n) is 7.21. The van der Waals surface area contributed by atoms with Crippen LogP contribution in [0.1, 0.15) is 50.6 Å². The molecule has 1 heterocycles. The Hall–Kier alpha value is -1.35. The summed E-state index contributed by atoms with van der Waals surface area (Å²) in [6, 6.07) is 4.27. The van der Waals surface area contributed by atoms with Crippen LogP contribution in [0.2, 0.25) is 0 Å². The van der Waals surface area contributed by atoms with Gasteiger partial charge in [-0.2, -0.15) is 0 Å². The third-order valence-corrected chi connectivity index (χ3v) is 5.58. The Morgan fingerprint density at radius 1 is 1.29 bits per heavy atom. The first kappa shape index (κ1) is 14.6. The summed E-state index contributed by atoms with van der Waals surface area (Å²) >= 11 is 1.71. The van der Waals surface area contributed by atoms with Gasteiger partial charge in [-0.25, -0.2) is 4.98 Å². The zero-order valence-corrected chi connectivity index (χ0v) is 14.2. The summed E-state index contributed by atoms with van der Waals surface area (Å²) in [7, 11) is 0. The van der Waals surface area contributed by atoms with Crippen molar-refractivity contribution in [2.24, 2.45) is 11.3 Å². The molecule has 1 aliphatic rings. The summed E-state index contributed by atoms with van der Waals surface area (Å²) in [5.74, 6) is 0.771. The molecule has 1 atom stereocenters. The van der Waals surface area contributed by atoms with Gasteiger partial charge in [0.25, 0.3) is 0 Å². The van der Waals surface area contributed by atoms with E-state index in [0.717, 1.165) is 35.0 Å². The molecule has 3 rings (SSSR count). The van der Waals surface area contributed by atoms with Crippen molar-refractivity contribution in [1.82, 2.24) is 4.98 Å². The Balaban J connectivity index is 1.94. The second kappa shape index (κ2) is 5.13. The lowest BCUT2D eigenvalue weighted by atomic mass is 9.72. The molecule has 0 aliphatic heterocycles. The van der Waals surface area contributed by atoms with Crippen LogP contribution in [0.15, 0.2) is 18.2 Å². The number of nitrogen functional groups attached to an aromatic ring is 1. The van der Waals surface area contributed by atoms with E-state index in [4.69, 9.17) is 5.73 Å². The summed E-state index contributed by atoms with van der Waals surface area (Å²) in [6.07, 6.45) is 5.94. The van der Waals surface area contributed by atoms with Crippen molar-refractivity contribution in [3.05, 3.63) is 28.8 Å². The number of nitrogens with two attached hydrogens (primary N) is 1. The molecule has 1 unspecified atom stereocenters. The van der Waals surface area contributed by atoms with Crippen LogP contribution in [0.5, 0.6) is 0 Å².